The SMILES string of the molecule is CC(C)Cc1nnc(NCc2ccc(Br)cc2)s1. The second-order valence-corrected chi connectivity index (χ2v) is 6.56. The lowest BCUT2D eigenvalue weighted by atomic mass is 10.1. The van der Waals surface area contributed by atoms with Gasteiger partial charge in [-0.15, -0.1) is 10.2 Å². The Balaban J connectivity index is 1.90. The first-order valence-corrected chi connectivity index (χ1v) is 7.55. The zero-order valence-corrected chi connectivity index (χ0v) is 12.9. The Morgan fingerprint density at radius 2 is 1.94 bits per heavy atom. The van der Waals surface area contributed by atoms with Crippen LogP contribution in [-0.4, -0.2) is 10.2 Å². The summed E-state index contributed by atoms with van der Waals surface area (Å²) in [6, 6.07) is 8.27. The van der Waals surface area contributed by atoms with E-state index in [9.17, 15) is 0 Å². The number of rotatable bonds is 5. The van der Waals surface area contributed by atoms with Crippen LogP contribution in [-0.2, 0) is 13.0 Å². The quantitative estimate of drug-likeness (QED) is 0.898. The molecule has 0 saturated heterocycles. The van der Waals surface area contributed by atoms with E-state index in [0.29, 0.717) is 5.92 Å². The Hall–Kier alpha value is -0.940. The van der Waals surface area contributed by atoms with Gasteiger partial charge >= 0.3 is 0 Å². The number of nitrogens with one attached hydrogen (secondary N) is 1. The fourth-order valence-electron chi connectivity index (χ4n) is 1.54. The first-order valence-electron chi connectivity index (χ1n) is 5.94. The highest BCUT2D eigenvalue weighted by Crippen LogP contribution is 2.19. The van der Waals surface area contributed by atoms with E-state index in [0.717, 1.165) is 27.6 Å². The number of aromatic nitrogens is 2. The maximum Gasteiger partial charge on any atom is 0.205 e. The second-order valence-electron chi connectivity index (χ2n) is 4.58. The molecule has 2 aromatic rings. The van der Waals surface area contributed by atoms with E-state index in [2.05, 4.69) is 57.4 Å². The molecule has 1 aromatic carbocycles. The van der Waals surface area contributed by atoms with E-state index in [1.807, 2.05) is 12.1 Å². The van der Waals surface area contributed by atoms with Crippen molar-refractivity contribution >= 4 is 32.4 Å². The second kappa shape index (κ2) is 6.29. The van der Waals surface area contributed by atoms with Crippen LogP contribution in [0.15, 0.2) is 28.7 Å². The molecule has 0 aliphatic carbocycles. The molecule has 0 amide bonds. The fourth-order valence-corrected chi connectivity index (χ4v) is 2.75. The predicted molar refractivity (Wildman–Crippen MR) is 79.9 cm³/mol. The predicted octanol–water partition coefficient (Wildman–Crippen LogP) is 4.11. The molecule has 0 atom stereocenters. The molecule has 0 fully saturated rings. The molecule has 1 heterocycles. The third-order valence-electron chi connectivity index (χ3n) is 2.41. The van der Waals surface area contributed by atoms with Crippen molar-refractivity contribution in [2.24, 2.45) is 5.92 Å². The average molecular weight is 326 g/mol. The molecule has 2 rings (SSSR count). The maximum atomic E-state index is 4.18. The minimum Gasteiger partial charge on any atom is -0.356 e. The summed E-state index contributed by atoms with van der Waals surface area (Å²) < 4.78 is 1.10. The van der Waals surface area contributed by atoms with Crippen LogP contribution in [0.4, 0.5) is 5.13 Å². The van der Waals surface area contributed by atoms with E-state index in [-0.39, 0.29) is 0 Å². The Bertz CT molecular complexity index is 493. The van der Waals surface area contributed by atoms with Crippen LogP contribution in [0, 0.1) is 5.92 Å². The molecule has 18 heavy (non-hydrogen) atoms. The molecule has 0 saturated carbocycles. The maximum absolute atomic E-state index is 4.18. The Morgan fingerprint density at radius 3 is 2.61 bits per heavy atom. The van der Waals surface area contributed by atoms with E-state index in [4.69, 9.17) is 0 Å². The van der Waals surface area contributed by atoms with Crippen LogP contribution in [0.5, 0.6) is 0 Å². The van der Waals surface area contributed by atoms with Gasteiger partial charge < -0.3 is 5.32 Å². The van der Waals surface area contributed by atoms with Crippen molar-refractivity contribution in [2.75, 3.05) is 5.32 Å². The first-order chi connectivity index (χ1) is 8.63. The molecular formula is C13H16BrN3S. The molecule has 3 nitrogen and oxygen atoms in total. The van der Waals surface area contributed by atoms with Crippen LogP contribution >= 0.6 is 27.3 Å². The van der Waals surface area contributed by atoms with Crippen LogP contribution < -0.4 is 5.32 Å². The van der Waals surface area contributed by atoms with E-state index < -0.39 is 0 Å². The zero-order chi connectivity index (χ0) is 13.0. The van der Waals surface area contributed by atoms with Crippen molar-refractivity contribution in [1.82, 2.24) is 10.2 Å². The number of anilines is 1. The largest absolute Gasteiger partial charge is 0.356 e. The van der Waals surface area contributed by atoms with E-state index >= 15 is 0 Å². The van der Waals surface area contributed by atoms with Gasteiger partial charge in [-0.1, -0.05) is 53.2 Å². The first kappa shape index (κ1) is 13.5. The van der Waals surface area contributed by atoms with Crippen molar-refractivity contribution in [3.63, 3.8) is 0 Å². The van der Waals surface area contributed by atoms with Gasteiger partial charge in [0.05, 0.1) is 0 Å². The summed E-state index contributed by atoms with van der Waals surface area (Å²) in [4.78, 5) is 0. The molecule has 0 bridgehead atoms. The smallest absolute Gasteiger partial charge is 0.205 e. The van der Waals surface area contributed by atoms with Gasteiger partial charge in [-0.25, -0.2) is 0 Å². The van der Waals surface area contributed by atoms with Crippen molar-refractivity contribution in [1.29, 1.82) is 0 Å². The minimum atomic E-state index is 0.622. The van der Waals surface area contributed by atoms with Crippen LogP contribution in [0.1, 0.15) is 24.4 Å². The fraction of sp³-hybridized carbons (Fsp3) is 0.385. The topological polar surface area (TPSA) is 37.8 Å². The Kier molecular flexibility index (Phi) is 4.72. The van der Waals surface area contributed by atoms with Gasteiger partial charge in [-0.2, -0.15) is 0 Å². The van der Waals surface area contributed by atoms with Gasteiger partial charge in [0.2, 0.25) is 5.13 Å². The summed E-state index contributed by atoms with van der Waals surface area (Å²) in [5, 5.41) is 13.6. The number of halogens is 1. The molecule has 1 N–H and O–H groups in total. The van der Waals surface area contributed by atoms with Crippen LogP contribution in [0.2, 0.25) is 0 Å². The summed E-state index contributed by atoms with van der Waals surface area (Å²) in [7, 11) is 0. The molecule has 5 heteroatoms. The number of hydrogen-bond donors (Lipinski definition) is 1. The lowest BCUT2D eigenvalue weighted by molar-refractivity contribution is 0.640. The third kappa shape index (κ3) is 4.07. The zero-order valence-electron chi connectivity index (χ0n) is 10.5. The van der Waals surface area contributed by atoms with E-state index in [1.54, 1.807) is 11.3 Å². The standard InChI is InChI=1S/C13H16BrN3S/c1-9(2)7-12-16-17-13(18-12)15-8-10-3-5-11(14)6-4-10/h3-6,9H,7-8H2,1-2H3,(H,15,17). The molecular weight excluding hydrogens is 310 g/mol. The minimum absolute atomic E-state index is 0.622. The van der Waals surface area contributed by atoms with Gasteiger partial charge in [-0.05, 0) is 23.6 Å². The molecule has 96 valence electrons. The van der Waals surface area contributed by atoms with Crippen molar-refractivity contribution in [3.8, 4) is 0 Å². The van der Waals surface area contributed by atoms with Gasteiger partial charge in [-0.3, -0.25) is 0 Å². The molecule has 0 aliphatic rings. The lowest BCUT2D eigenvalue weighted by Gasteiger charge is -2.02. The van der Waals surface area contributed by atoms with Crippen LogP contribution in [0.25, 0.3) is 0 Å². The van der Waals surface area contributed by atoms with Crippen molar-refractivity contribution < 1.29 is 0 Å². The lowest BCUT2D eigenvalue weighted by Crippen LogP contribution is -1.98. The van der Waals surface area contributed by atoms with Gasteiger partial charge in [0.15, 0.2) is 0 Å². The molecule has 0 aliphatic heterocycles. The normalized spacial score (nSPS) is 10.9. The van der Waals surface area contributed by atoms with Crippen molar-refractivity contribution in [3.05, 3.63) is 39.3 Å². The average Bonchev–Trinajstić information content (AvgIpc) is 2.75. The highest BCUT2D eigenvalue weighted by Gasteiger charge is 2.05. The number of hydrogen-bond acceptors (Lipinski definition) is 4. The third-order valence-corrected chi connectivity index (χ3v) is 3.84. The summed E-state index contributed by atoms with van der Waals surface area (Å²) in [6.45, 7) is 5.16. The van der Waals surface area contributed by atoms with Crippen LogP contribution in [0.3, 0.4) is 0 Å². The van der Waals surface area contributed by atoms with Gasteiger partial charge in [0, 0.05) is 17.4 Å². The number of benzene rings is 1. The summed E-state index contributed by atoms with van der Waals surface area (Å²) in [5.41, 5.74) is 1.24. The van der Waals surface area contributed by atoms with Gasteiger partial charge in [0.25, 0.3) is 0 Å². The molecule has 1 aromatic heterocycles. The number of nitrogens with zero attached hydrogens (tertiary/aromatic N) is 2. The highest BCUT2D eigenvalue weighted by atomic mass is 79.9. The monoisotopic (exact) mass is 325 g/mol. The summed E-state index contributed by atoms with van der Waals surface area (Å²) in [5.74, 6) is 0.622. The molecule has 0 spiro atoms. The Morgan fingerprint density at radius 1 is 1.22 bits per heavy atom. The van der Waals surface area contributed by atoms with E-state index in [1.165, 1.54) is 5.56 Å². The molecule has 0 unspecified atom stereocenters. The van der Waals surface area contributed by atoms with Gasteiger partial charge in [0.1, 0.15) is 5.01 Å². The summed E-state index contributed by atoms with van der Waals surface area (Å²) >= 11 is 5.07. The molecule has 0 radical (unpaired) electrons. The highest BCUT2D eigenvalue weighted by molar-refractivity contribution is 9.10. The Labute approximate surface area is 120 Å². The van der Waals surface area contributed by atoms with Crippen molar-refractivity contribution in [2.45, 2.75) is 26.8 Å². The summed E-state index contributed by atoms with van der Waals surface area (Å²) in [6.07, 6.45) is 0.998.